The van der Waals surface area contributed by atoms with Crippen LogP contribution in [0.4, 0.5) is 5.69 Å². The van der Waals surface area contributed by atoms with Gasteiger partial charge in [-0.25, -0.2) is 4.79 Å². The molecule has 0 aliphatic heterocycles. The highest BCUT2D eigenvalue weighted by atomic mass is 35.5. The van der Waals surface area contributed by atoms with Crippen LogP contribution in [0.2, 0.25) is 10.0 Å². The maximum atomic E-state index is 10.7. The van der Waals surface area contributed by atoms with Gasteiger partial charge in [-0.3, -0.25) is 0 Å². The van der Waals surface area contributed by atoms with E-state index in [1.807, 2.05) is 0 Å². The van der Waals surface area contributed by atoms with Crippen molar-refractivity contribution < 1.29 is 9.90 Å². The molecule has 0 saturated heterocycles. The van der Waals surface area contributed by atoms with Gasteiger partial charge in [0.05, 0.1) is 15.7 Å². The van der Waals surface area contributed by atoms with Crippen molar-refractivity contribution in [1.29, 1.82) is 0 Å². The van der Waals surface area contributed by atoms with E-state index in [1.165, 1.54) is 6.08 Å². The van der Waals surface area contributed by atoms with E-state index in [0.29, 0.717) is 15.7 Å². The van der Waals surface area contributed by atoms with E-state index in [2.05, 4.69) is 11.9 Å². The quantitative estimate of drug-likeness (QED) is 0.802. The molecule has 0 aromatic heterocycles. The number of rotatable bonds is 4. The topological polar surface area (TPSA) is 49.3 Å². The first-order chi connectivity index (χ1) is 7.06. The molecule has 0 aliphatic rings. The first-order valence-electron chi connectivity index (χ1n) is 4.12. The summed E-state index contributed by atoms with van der Waals surface area (Å²) in [5.74, 6) is -1.03. The summed E-state index contributed by atoms with van der Waals surface area (Å²) < 4.78 is 0. The average molecular weight is 246 g/mol. The zero-order valence-corrected chi connectivity index (χ0v) is 9.22. The van der Waals surface area contributed by atoms with Crippen LogP contribution in [0, 0.1) is 0 Å². The fraction of sp³-hybridized carbons (Fsp3) is 0.100. The summed E-state index contributed by atoms with van der Waals surface area (Å²) in [4.78, 5) is 10.7. The fourth-order valence-corrected chi connectivity index (χ4v) is 1.36. The monoisotopic (exact) mass is 245 g/mol. The maximum absolute atomic E-state index is 10.7. The lowest BCUT2D eigenvalue weighted by Crippen LogP contribution is -2.26. The molecule has 1 aromatic rings. The van der Waals surface area contributed by atoms with Gasteiger partial charge in [0.1, 0.15) is 6.04 Å². The second-order valence-electron chi connectivity index (χ2n) is 2.80. The lowest BCUT2D eigenvalue weighted by molar-refractivity contribution is -0.136. The van der Waals surface area contributed by atoms with E-state index in [9.17, 15) is 4.79 Å². The van der Waals surface area contributed by atoms with Gasteiger partial charge in [0, 0.05) is 0 Å². The molecule has 0 saturated carbocycles. The third kappa shape index (κ3) is 2.88. The molecule has 1 aromatic carbocycles. The van der Waals surface area contributed by atoms with Gasteiger partial charge in [-0.1, -0.05) is 35.3 Å². The molecular weight excluding hydrogens is 237 g/mol. The molecule has 0 spiro atoms. The van der Waals surface area contributed by atoms with Crippen LogP contribution in [-0.2, 0) is 4.79 Å². The summed E-state index contributed by atoms with van der Waals surface area (Å²) in [5.41, 5.74) is 0.469. The molecule has 0 fully saturated rings. The number of carboxylic acid groups (broad SMARTS) is 1. The van der Waals surface area contributed by atoms with Crippen molar-refractivity contribution in [2.45, 2.75) is 6.04 Å². The third-order valence-electron chi connectivity index (χ3n) is 1.76. The van der Waals surface area contributed by atoms with Crippen molar-refractivity contribution in [3.63, 3.8) is 0 Å². The molecule has 1 unspecified atom stereocenters. The minimum atomic E-state index is -1.03. The zero-order chi connectivity index (χ0) is 11.4. The summed E-state index contributed by atoms with van der Waals surface area (Å²) in [5, 5.41) is 12.2. The largest absolute Gasteiger partial charge is 0.479 e. The Hall–Kier alpha value is -1.19. The van der Waals surface area contributed by atoms with E-state index < -0.39 is 12.0 Å². The number of hydrogen-bond donors (Lipinski definition) is 2. The predicted octanol–water partition coefficient (Wildman–Crippen LogP) is 3.04. The molecule has 5 heteroatoms. The van der Waals surface area contributed by atoms with Crippen molar-refractivity contribution in [2.75, 3.05) is 5.32 Å². The minimum absolute atomic E-state index is 0.298. The Morgan fingerprint density at radius 2 is 2.20 bits per heavy atom. The minimum Gasteiger partial charge on any atom is -0.479 e. The lowest BCUT2D eigenvalue weighted by Gasteiger charge is -2.13. The predicted molar refractivity (Wildman–Crippen MR) is 61.7 cm³/mol. The Morgan fingerprint density at radius 3 is 2.73 bits per heavy atom. The maximum Gasteiger partial charge on any atom is 0.330 e. The molecule has 3 nitrogen and oxygen atoms in total. The number of carbonyl (C=O) groups is 1. The summed E-state index contributed by atoms with van der Waals surface area (Å²) >= 11 is 11.7. The number of halogens is 2. The second kappa shape index (κ2) is 5.05. The summed E-state index contributed by atoms with van der Waals surface area (Å²) in [6.45, 7) is 3.41. The van der Waals surface area contributed by atoms with Gasteiger partial charge in [-0.2, -0.15) is 0 Å². The zero-order valence-electron chi connectivity index (χ0n) is 7.71. The van der Waals surface area contributed by atoms with Gasteiger partial charge < -0.3 is 10.4 Å². The van der Waals surface area contributed by atoms with Crippen LogP contribution in [0.5, 0.6) is 0 Å². The molecule has 15 heavy (non-hydrogen) atoms. The number of anilines is 1. The average Bonchev–Trinajstić information content (AvgIpc) is 2.19. The highest BCUT2D eigenvalue weighted by Crippen LogP contribution is 2.29. The van der Waals surface area contributed by atoms with Crippen LogP contribution < -0.4 is 5.32 Å². The Kier molecular flexibility index (Phi) is 4.00. The van der Waals surface area contributed by atoms with Crippen LogP contribution in [0.15, 0.2) is 30.9 Å². The summed E-state index contributed by atoms with van der Waals surface area (Å²) in [6.07, 6.45) is 1.28. The highest BCUT2D eigenvalue weighted by molar-refractivity contribution is 6.43. The first kappa shape index (κ1) is 11.9. The molecular formula is C10H9Cl2NO2. The van der Waals surface area contributed by atoms with Crippen molar-refractivity contribution in [3.8, 4) is 0 Å². The smallest absolute Gasteiger partial charge is 0.330 e. The normalized spacial score (nSPS) is 11.9. The molecule has 0 radical (unpaired) electrons. The molecule has 0 amide bonds. The van der Waals surface area contributed by atoms with Gasteiger partial charge in [-0.05, 0) is 12.1 Å². The van der Waals surface area contributed by atoms with Crippen LogP contribution in [0.1, 0.15) is 0 Å². The SMILES string of the molecule is C=CC(Nc1cccc(Cl)c1Cl)C(=O)O. The van der Waals surface area contributed by atoms with E-state index in [0.717, 1.165) is 0 Å². The molecule has 2 N–H and O–H groups in total. The molecule has 80 valence electrons. The highest BCUT2D eigenvalue weighted by Gasteiger charge is 2.14. The molecule has 1 rings (SSSR count). The van der Waals surface area contributed by atoms with Crippen LogP contribution in [-0.4, -0.2) is 17.1 Å². The van der Waals surface area contributed by atoms with Crippen LogP contribution in [0.3, 0.4) is 0 Å². The molecule has 0 aliphatic carbocycles. The van der Waals surface area contributed by atoms with Gasteiger partial charge in [-0.15, -0.1) is 6.58 Å². The third-order valence-corrected chi connectivity index (χ3v) is 2.58. The van der Waals surface area contributed by atoms with Crippen molar-refractivity contribution in [1.82, 2.24) is 0 Å². The Balaban J connectivity index is 2.93. The van der Waals surface area contributed by atoms with E-state index >= 15 is 0 Å². The first-order valence-corrected chi connectivity index (χ1v) is 4.87. The summed E-state index contributed by atoms with van der Waals surface area (Å²) in [6, 6.07) is 4.06. The Labute approximate surface area is 97.3 Å². The fourth-order valence-electron chi connectivity index (χ4n) is 1.00. The van der Waals surface area contributed by atoms with Crippen molar-refractivity contribution >= 4 is 34.9 Å². The number of hydrogen-bond acceptors (Lipinski definition) is 2. The number of carboxylic acids is 1. The van der Waals surface area contributed by atoms with E-state index in [1.54, 1.807) is 18.2 Å². The van der Waals surface area contributed by atoms with Crippen molar-refractivity contribution in [2.24, 2.45) is 0 Å². The standard InChI is InChI=1S/C10H9Cl2NO2/c1-2-7(10(14)15)13-8-5-3-4-6(11)9(8)12/h2-5,7,13H,1H2,(H,14,15). The van der Waals surface area contributed by atoms with Gasteiger partial charge in [0.25, 0.3) is 0 Å². The number of benzene rings is 1. The lowest BCUT2D eigenvalue weighted by atomic mass is 10.2. The van der Waals surface area contributed by atoms with Gasteiger partial charge in [0.2, 0.25) is 0 Å². The summed E-state index contributed by atoms with van der Waals surface area (Å²) in [7, 11) is 0. The second-order valence-corrected chi connectivity index (χ2v) is 3.58. The Bertz CT molecular complexity index is 393. The molecule has 0 heterocycles. The van der Waals surface area contributed by atoms with Crippen LogP contribution >= 0.6 is 23.2 Å². The van der Waals surface area contributed by atoms with Crippen LogP contribution in [0.25, 0.3) is 0 Å². The van der Waals surface area contributed by atoms with Gasteiger partial charge >= 0.3 is 5.97 Å². The van der Waals surface area contributed by atoms with E-state index in [4.69, 9.17) is 28.3 Å². The van der Waals surface area contributed by atoms with Gasteiger partial charge in [0.15, 0.2) is 0 Å². The number of nitrogens with one attached hydrogen (secondary N) is 1. The molecule has 0 bridgehead atoms. The van der Waals surface area contributed by atoms with E-state index in [-0.39, 0.29) is 0 Å². The molecule has 1 atom stereocenters. The Morgan fingerprint density at radius 1 is 1.53 bits per heavy atom. The van der Waals surface area contributed by atoms with Crippen molar-refractivity contribution in [3.05, 3.63) is 40.9 Å². The number of aliphatic carboxylic acids is 1.